The van der Waals surface area contributed by atoms with E-state index in [4.69, 9.17) is 15.2 Å². The van der Waals surface area contributed by atoms with E-state index < -0.39 is 0 Å². The largest absolute Gasteiger partial charge is 0.493 e. The molecule has 0 aliphatic heterocycles. The number of benzene rings is 1. The van der Waals surface area contributed by atoms with E-state index in [1.54, 1.807) is 7.11 Å². The van der Waals surface area contributed by atoms with Crippen LogP contribution in [0.4, 0.5) is 0 Å². The summed E-state index contributed by atoms with van der Waals surface area (Å²) < 4.78 is 10.7. The molecule has 0 fully saturated rings. The summed E-state index contributed by atoms with van der Waals surface area (Å²) in [5.41, 5.74) is 6.58. The zero-order chi connectivity index (χ0) is 14.3. The van der Waals surface area contributed by atoms with Crippen molar-refractivity contribution in [3.8, 4) is 11.5 Å². The van der Waals surface area contributed by atoms with Crippen LogP contribution in [-0.4, -0.2) is 32.2 Å². The molecule has 106 valence electrons. The molecule has 0 aliphatic rings. The fourth-order valence-corrected chi connectivity index (χ4v) is 1.66. The van der Waals surface area contributed by atoms with Crippen molar-refractivity contribution >= 4 is 5.91 Å². The summed E-state index contributed by atoms with van der Waals surface area (Å²) in [5, 5.41) is 2.77. The topological polar surface area (TPSA) is 73.6 Å². The molecular weight excluding hydrogens is 244 g/mol. The highest BCUT2D eigenvalue weighted by atomic mass is 16.5. The van der Waals surface area contributed by atoms with Crippen LogP contribution in [-0.2, 0) is 11.2 Å². The van der Waals surface area contributed by atoms with Gasteiger partial charge in [0, 0.05) is 6.04 Å². The minimum atomic E-state index is -0.152. The van der Waals surface area contributed by atoms with Gasteiger partial charge in [0.15, 0.2) is 18.1 Å². The molecule has 19 heavy (non-hydrogen) atoms. The average Bonchev–Trinajstić information content (AvgIpc) is 2.36. The molecule has 0 unspecified atom stereocenters. The van der Waals surface area contributed by atoms with Gasteiger partial charge in [-0.05, 0) is 44.5 Å². The van der Waals surface area contributed by atoms with Gasteiger partial charge >= 0.3 is 0 Å². The summed E-state index contributed by atoms with van der Waals surface area (Å²) in [6.07, 6.45) is 0.762. The van der Waals surface area contributed by atoms with Crippen molar-refractivity contribution in [1.29, 1.82) is 0 Å². The molecule has 5 heteroatoms. The number of methoxy groups -OCH3 is 1. The van der Waals surface area contributed by atoms with Gasteiger partial charge in [-0.2, -0.15) is 0 Å². The number of rotatable bonds is 7. The summed E-state index contributed by atoms with van der Waals surface area (Å²) >= 11 is 0. The lowest BCUT2D eigenvalue weighted by molar-refractivity contribution is -0.123. The summed E-state index contributed by atoms with van der Waals surface area (Å²) in [7, 11) is 1.57. The van der Waals surface area contributed by atoms with Crippen LogP contribution in [0, 0.1) is 0 Å². The fourth-order valence-electron chi connectivity index (χ4n) is 1.66. The van der Waals surface area contributed by atoms with Gasteiger partial charge in [-0.1, -0.05) is 6.07 Å². The third kappa shape index (κ3) is 5.18. The monoisotopic (exact) mass is 266 g/mol. The molecule has 1 rings (SSSR count). The van der Waals surface area contributed by atoms with Crippen LogP contribution in [0.25, 0.3) is 0 Å². The number of carbonyl (C=O) groups excluding carboxylic acids is 1. The molecule has 0 bridgehead atoms. The first-order valence-electron chi connectivity index (χ1n) is 6.36. The Morgan fingerprint density at radius 2 is 2.11 bits per heavy atom. The molecule has 0 aliphatic carbocycles. The first-order chi connectivity index (χ1) is 9.06. The first kappa shape index (κ1) is 15.3. The lowest BCUT2D eigenvalue weighted by Gasteiger charge is -2.13. The second kappa shape index (κ2) is 7.63. The van der Waals surface area contributed by atoms with Crippen LogP contribution >= 0.6 is 0 Å². The molecule has 1 aromatic rings. The molecule has 3 N–H and O–H groups in total. The number of ether oxygens (including phenoxy) is 2. The van der Waals surface area contributed by atoms with E-state index in [0.717, 1.165) is 12.0 Å². The van der Waals surface area contributed by atoms with Crippen molar-refractivity contribution in [2.75, 3.05) is 20.3 Å². The highest BCUT2D eigenvalue weighted by molar-refractivity contribution is 5.77. The second-order valence-electron chi connectivity index (χ2n) is 4.53. The Balaban J connectivity index is 2.69. The van der Waals surface area contributed by atoms with Crippen molar-refractivity contribution in [3.63, 3.8) is 0 Å². The molecule has 0 saturated heterocycles. The van der Waals surface area contributed by atoms with Crippen LogP contribution in [0.5, 0.6) is 11.5 Å². The minimum Gasteiger partial charge on any atom is -0.493 e. The molecule has 0 aromatic heterocycles. The van der Waals surface area contributed by atoms with Crippen molar-refractivity contribution in [2.45, 2.75) is 26.3 Å². The van der Waals surface area contributed by atoms with Gasteiger partial charge in [0.1, 0.15) is 0 Å². The second-order valence-corrected chi connectivity index (χ2v) is 4.53. The quantitative estimate of drug-likeness (QED) is 0.775. The first-order valence-corrected chi connectivity index (χ1v) is 6.36. The van der Waals surface area contributed by atoms with E-state index in [1.165, 1.54) is 0 Å². The van der Waals surface area contributed by atoms with Gasteiger partial charge in [-0.15, -0.1) is 0 Å². The summed E-state index contributed by atoms with van der Waals surface area (Å²) in [6.45, 7) is 4.35. The lowest BCUT2D eigenvalue weighted by Crippen LogP contribution is -2.34. The van der Waals surface area contributed by atoms with Gasteiger partial charge in [-0.25, -0.2) is 0 Å². The van der Waals surface area contributed by atoms with Crippen molar-refractivity contribution < 1.29 is 14.3 Å². The maximum atomic E-state index is 11.5. The molecule has 1 amide bonds. The number of nitrogens with one attached hydrogen (secondary N) is 1. The Morgan fingerprint density at radius 1 is 1.37 bits per heavy atom. The van der Waals surface area contributed by atoms with Crippen molar-refractivity contribution in [1.82, 2.24) is 5.32 Å². The molecular formula is C14H22N2O3. The highest BCUT2D eigenvalue weighted by Crippen LogP contribution is 2.28. The van der Waals surface area contributed by atoms with E-state index in [-0.39, 0.29) is 18.6 Å². The SMILES string of the molecule is COc1ccc(CCN)cc1OCC(=O)NC(C)C. The summed E-state index contributed by atoms with van der Waals surface area (Å²) in [6, 6.07) is 5.71. The number of hydrogen-bond donors (Lipinski definition) is 2. The predicted molar refractivity (Wildman–Crippen MR) is 74.5 cm³/mol. The highest BCUT2D eigenvalue weighted by Gasteiger charge is 2.09. The zero-order valence-corrected chi connectivity index (χ0v) is 11.7. The molecule has 5 nitrogen and oxygen atoms in total. The Labute approximate surface area is 114 Å². The van der Waals surface area contributed by atoms with Crippen molar-refractivity contribution in [3.05, 3.63) is 23.8 Å². The van der Waals surface area contributed by atoms with Gasteiger partial charge in [0.05, 0.1) is 7.11 Å². The van der Waals surface area contributed by atoms with Gasteiger partial charge < -0.3 is 20.5 Å². The molecule has 1 aromatic carbocycles. The van der Waals surface area contributed by atoms with Crippen molar-refractivity contribution in [2.24, 2.45) is 5.73 Å². The predicted octanol–water partition coefficient (Wildman–Crippen LogP) is 1.10. The van der Waals surface area contributed by atoms with E-state index >= 15 is 0 Å². The van der Waals surface area contributed by atoms with Gasteiger partial charge in [0.25, 0.3) is 5.91 Å². The summed E-state index contributed by atoms with van der Waals surface area (Å²) in [4.78, 5) is 11.5. The smallest absolute Gasteiger partial charge is 0.258 e. The molecule has 0 spiro atoms. The Morgan fingerprint density at radius 3 is 2.68 bits per heavy atom. The fraction of sp³-hybridized carbons (Fsp3) is 0.500. The van der Waals surface area contributed by atoms with Gasteiger partial charge in [0.2, 0.25) is 0 Å². The van der Waals surface area contributed by atoms with Gasteiger partial charge in [-0.3, -0.25) is 4.79 Å². The number of nitrogens with two attached hydrogens (primary N) is 1. The molecule has 0 saturated carbocycles. The third-order valence-electron chi connectivity index (χ3n) is 2.47. The van der Waals surface area contributed by atoms with Crippen LogP contribution in [0.1, 0.15) is 19.4 Å². The number of hydrogen-bond acceptors (Lipinski definition) is 4. The van der Waals surface area contributed by atoms with E-state index in [0.29, 0.717) is 18.0 Å². The third-order valence-corrected chi connectivity index (χ3v) is 2.47. The van der Waals surface area contributed by atoms with Crippen LogP contribution in [0.15, 0.2) is 18.2 Å². The summed E-state index contributed by atoms with van der Waals surface area (Å²) in [5.74, 6) is 1.02. The molecule has 0 heterocycles. The Bertz CT molecular complexity index is 419. The Hall–Kier alpha value is -1.75. The zero-order valence-electron chi connectivity index (χ0n) is 11.7. The number of amides is 1. The minimum absolute atomic E-state index is 0.0272. The normalized spacial score (nSPS) is 10.4. The maximum absolute atomic E-state index is 11.5. The lowest BCUT2D eigenvalue weighted by atomic mass is 10.1. The molecule has 0 radical (unpaired) electrons. The van der Waals surface area contributed by atoms with Crippen LogP contribution in [0.2, 0.25) is 0 Å². The average molecular weight is 266 g/mol. The van der Waals surface area contributed by atoms with E-state index in [2.05, 4.69) is 5.32 Å². The van der Waals surface area contributed by atoms with Crippen LogP contribution in [0.3, 0.4) is 0 Å². The maximum Gasteiger partial charge on any atom is 0.258 e. The Kier molecular flexibility index (Phi) is 6.15. The van der Waals surface area contributed by atoms with E-state index in [1.807, 2.05) is 32.0 Å². The van der Waals surface area contributed by atoms with E-state index in [9.17, 15) is 4.79 Å². The number of carbonyl (C=O) groups is 1. The molecule has 0 atom stereocenters. The standard InChI is InChI=1S/C14H22N2O3/c1-10(2)16-14(17)9-19-13-8-11(6-7-15)4-5-12(13)18-3/h4-5,8,10H,6-7,9,15H2,1-3H3,(H,16,17). The van der Waals surface area contributed by atoms with Crippen LogP contribution < -0.4 is 20.5 Å².